The highest BCUT2D eigenvalue weighted by Crippen LogP contribution is 2.41. The Morgan fingerprint density at radius 2 is 1.09 bits per heavy atom. The van der Waals surface area contributed by atoms with Crippen molar-refractivity contribution in [1.82, 2.24) is 0 Å². The average Bonchev–Trinajstić information content (AvgIpc) is 3.06. The summed E-state index contributed by atoms with van der Waals surface area (Å²) in [5.41, 5.74) is 16.2. The van der Waals surface area contributed by atoms with Crippen LogP contribution in [0.2, 0.25) is 0 Å². The first-order valence-corrected chi connectivity index (χ1v) is 14.6. The van der Waals surface area contributed by atoms with Gasteiger partial charge in [0.1, 0.15) is 22.7 Å². The van der Waals surface area contributed by atoms with Crippen molar-refractivity contribution in [3.63, 3.8) is 0 Å². The first kappa shape index (κ1) is 32.0. The topological polar surface area (TPSA) is 221 Å². The minimum atomic E-state index is -1.25. The van der Waals surface area contributed by atoms with E-state index in [1.54, 1.807) is 25.1 Å². The summed E-state index contributed by atoms with van der Waals surface area (Å²) < 4.78 is 0. The third kappa shape index (κ3) is 8.01. The molecule has 0 saturated heterocycles. The van der Waals surface area contributed by atoms with E-state index in [0.717, 1.165) is 9.79 Å². The van der Waals surface area contributed by atoms with Gasteiger partial charge >= 0.3 is 11.9 Å². The molecule has 0 aromatic heterocycles. The van der Waals surface area contributed by atoms with E-state index >= 15 is 0 Å². The number of nitrogens with two attached hydrogens (primary N) is 2. The van der Waals surface area contributed by atoms with Gasteiger partial charge in [-0.3, -0.25) is 0 Å². The molecule has 0 fully saturated rings. The van der Waals surface area contributed by atoms with E-state index in [4.69, 9.17) is 21.7 Å². The zero-order chi connectivity index (χ0) is 33.5. The van der Waals surface area contributed by atoms with Crippen LogP contribution in [0.1, 0.15) is 26.3 Å². The number of carboxylic acid groups (broad SMARTS) is 2. The van der Waals surface area contributed by atoms with Gasteiger partial charge in [0, 0.05) is 9.79 Å². The number of aryl methyl sites for hydroxylation is 1. The number of rotatable bonds is 10. The second-order valence-electron chi connectivity index (χ2n) is 9.94. The van der Waals surface area contributed by atoms with Crippen LogP contribution in [-0.4, -0.2) is 27.3 Å². The zero-order valence-corrected chi connectivity index (χ0v) is 25.5. The highest BCUT2D eigenvalue weighted by atomic mass is 32.2. The molecule has 0 amide bonds. The lowest BCUT2D eigenvalue weighted by Crippen LogP contribution is -1.95. The molecule has 5 aromatic carbocycles. The number of hydrogen-bond donors (Lipinski definition) is 5. The van der Waals surface area contributed by atoms with Crippen LogP contribution in [0, 0.1) is 6.92 Å². The predicted octanol–water partition coefficient (Wildman–Crippen LogP) is 9.66. The van der Waals surface area contributed by atoms with Crippen molar-refractivity contribution in [2.24, 2.45) is 30.7 Å². The van der Waals surface area contributed by atoms with Crippen molar-refractivity contribution in [2.75, 3.05) is 11.5 Å². The fraction of sp³-hybridized carbons (Fsp3) is 0.0303. The van der Waals surface area contributed by atoms with Gasteiger partial charge in [0.2, 0.25) is 0 Å². The number of benzene rings is 5. The monoisotopic (exact) mass is 646 g/mol. The Kier molecular flexibility index (Phi) is 9.62. The Balaban J connectivity index is 1.23. The minimum absolute atomic E-state index is 0.134. The summed E-state index contributed by atoms with van der Waals surface area (Å²) in [6, 6.07) is 26.4. The summed E-state index contributed by atoms with van der Waals surface area (Å²) in [6.45, 7) is 1.79. The first-order valence-electron chi connectivity index (χ1n) is 13.8. The second-order valence-corrected chi connectivity index (χ2v) is 11.1. The molecule has 0 aliphatic heterocycles. The molecule has 0 aliphatic rings. The number of phenols is 1. The molecule has 0 heterocycles. The van der Waals surface area contributed by atoms with Crippen LogP contribution in [0.3, 0.4) is 0 Å². The molecule has 0 aliphatic carbocycles. The average molecular weight is 647 g/mol. The van der Waals surface area contributed by atoms with Crippen molar-refractivity contribution >= 4 is 69.2 Å². The van der Waals surface area contributed by atoms with Crippen LogP contribution in [0.4, 0.5) is 45.5 Å². The lowest BCUT2D eigenvalue weighted by atomic mass is 10.1. The van der Waals surface area contributed by atoms with Crippen molar-refractivity contribution in [3.8, 4) is 5.75 Å². The molecule has 14 heteroatoms. The number of nitrogens with zero attached hydrogens (tertiary/aromatic N) is 6. The van der Waals surface area contributed by atoms with Crippen LogP contribution in [-0.2, 0) is 0 Å². The third-order valence-electron chi connectivity index (χ3n) is 6.62. The largest absolute Gasteiger partial charge is 0.507 e. The summed E-state index contributed by atoms with van der Waals surface area (Å²) in [5, 5.41) is 53.0. The summed E-state index contributed by atoms with van der Waals surface area (Å²) in [5.74, 6) is -2.63. The molecule has 7 N–H and O–H groups in total. The van der Waals surface area contributed by atoms with E-state index in [0.29, 0.717) is 39.7 Å². The molecule has 0 atom stereocenters. The van der Waals surface area contributed by atoms with Gasteiger partial charge in [-0.05, 0) is 110 Å². The Morgan fingerprint density at radius 3 is 1.64 bits per heavy atom. The normalized spacial score (nSPS) is 11.5. The molecule has 13 nitrogen and oxygen atoms in total. The summed E-state index contributed by atoms with van der Waals surface area (Å²) in [7, 11) is 0. The molecule has 0 bridgehead atoms. The number of carboxylic acids is 2. The molecule has 5 aromatic rings. The number of azo groups is 3. The Hall–Kier alpha value is -6.41. The van der Waals surface area contributed by atoms with Gasteiger partial charge in [-0.15, -0.1) is 10.2 Å². The summed E-state index contributed by atoms with van der Waals surface area (Å²) in [4.78, 5) is 24.2. The molecular weight excluding hydrogens is 620 g/mol. The molecule has 0 spiro atoms. The van der Waals surface area contributed by atoms with Gasteiger partial charge in [-0.1, -0.05) is 11.8 Å². The summed E-state index contributed by atoms with van der Waals surface area (Å²) >= 11 is 1.53. The van der Waals surface area contributed by atoms with Crippen molar-refractivity contribution in [3.05, 3.63) is 114 Å². The van der Waals surface area contributed by atoms with Gasteiger partial charge in [0.05, 0.1) is 39.7 Å². The van der Waals surface area contributed by atoms with E-state index in [2.05, 4.69) is 30.7 Å². The van der Waals surface area contributed by atoms with Crippen LogP contribution in [0.25, 0.3) is 0 Å². The molecule has 0 radical (unpaired) electrons. The Bertz CT molecular complexity index is 2050. The van der Waals surface area contributed by atoms with E-state index in [1.165, 1.54) is 54.2 Å². The maximum Gasteiger partial charge on any atom is 0.339 e. The van der Waals surface area contributed by atoms with Gasteiger partial charge in [-0.25, -0.2) is 9.59 Å². The SMILES string of the molecule is Cc1cc(N=Nc2ccc(Sc3ccc(N=Nc4ccc(O)c(C(=O)O)c4)cc3)cc2)c(N)c(N=Nc2ccc(C(=O)O)cc2)c1N. The van der Waals surface area contributed by atoms with Gasteiger partial charge < -0.3 is 26.8 Å². The molecular formula is C33H26N8O5S. The molecule has 0 saturated carbocycles. The number of carbonyl (C=O) groups is 2. The number of aromatic hydroxyl groups is 1. The molecule has 5 rings (SSSR count). The predicted molar refractivity (Wildman–Crippen MR) is 178 cm³/mol. The summed E-state index contributed by atoms with van der Waals surface area (Å²) in [6.07, 6.45) is 0. The Labute approximate surface area is 272 Å². The van der Waals surface area contributed by atoms with Gasteiger partial charge in [-0.2, -0.15) is 20.5 Å². The quantitative estimate of drug-likeness (QED) is 0.0723. The lowest BCUT2D eigenvalue weighted by molar-refractivity contribution is 0.0684. The number of anilines is 2. The minimum Gasteiger partial charge on any atom is -0.507 e. The van der Waals surface area contributed by atoms with Crippen LogP contribution in [0.5, 0.6) is 5.75 Å². The maximum atomic E-state index is 11.2. The fourth-order valence-corrected chi connectivity index (χ4v) is 4.88. The second kappa shape index (κ2) is 14.1. The molecule has 47 heavy (non-hydrogen) atoms. The van der Waals surface area contributed by atoms with Gasteiger partial charge in [0.25, 0.3) is 0 Å². The van der Waals surface area contributed by atoms with E-state index in [-0.39, 0.29) is 28.3 Å². The number of hydrogen-bond acceptors (Lipinski definition) is 12. The number of aromatic carboxylic acids is 2. The highest BCUT2D eigenvalue weighted by Gasteiger charge is 2.13. The van der Waals surface area contributed by atoms with E-state index in [1.807, 2.05) is 36.4 Å². The molecule has 234 valence electrons. The highest BCUT2D eigenvalue weighted by molar-refractivity contribution is 7.99. The van der Waals surface area contributed by atoms with Crippen molar-refractivity contribution in [2.45, 2.75) is 16.7 Å². The maximum absolute atomic E-state index is 11.2. The molecule has 0 unspecified atom stereocenters. The number of nitrogen functional groups attached to an aromatic ring is 2. The first-order chi connectivity index (χ1) is 22.6. The van der Waals surface area contributed by atoms with Crippen molar-refractivity contribution < 1.29 is 24.9 Å². The fourth-order valence-electron chi connectivity index (χ4n) is 4.06. The smallest absolute Gasteiger partial charge is 0.339 e. The van der Waals surface area contributed by atoms with E-state index in [9.17, 15) is 14.7 Å². The lowest BCUT2D eigenvalue weighted by Gasteiger charge is -2.09. The van der Waals surface area contributed by atoms with Crippen LogP contribution < -0.4 is 11.5 Å². The zero-order valence-electron chi connectivity index (χ0n) is 24.6. The van der Waals surface area contributed by atoms with E-state index < -0.39 is 11.9 Å². The van der Waals surface area contributed by atoms with Crippen molar-refractivity contribution in [1.29, 1.82) is 0 Å². The third-order valence-corrected chi connectivity index (χ3v) is 7.63. The Morgan fingerprint density at radius 1 is 0.596 bits per heavy atom. The van der Waals surface area contributed by atoms with Gasteiger partial charge in [0.15, 0.2) is 0 Å². The van der Waals surface area contributed by atoms with Crippen LogP contribution >= 0.6 is 11.8 Å². The van der Waals surface area contributed by atoms with Crippen LogP contribution in [0.15, 0.2) is 138 Å². The standard InChI is InChI=1S/C33H26N8O5S/c1-18-16-27(30(35)31(29(18)34)41-38-20-4-2-19(3-5-20)32(43)44)40-37-22-8-13-25(14-9-22)47-24-11-6-21(7-12-24)36-39-23-10-15-28(42)26(17-23)33(45)46/h2-17,42H,34-35H2,1H3,(H,43,44)(H,45,46).